The maximum Gasteiger partial charge on any atom is 0.192 e. The molecule has 4 aromatic heterocycles. The molecule has 0 spiro atoms. The Balaban J connectivity index is 1.48. The molecule has 4 rings (SSSR count). The summed E-state index contributed by atoms with van der Waals surface area (Å²) in [6.45, 7) is 15.8. The summed E-state index contributed by atoms with van der Waals surface area (Å²) in [5.74, 6) is 1.32. The van der Waals surface area contributed by atoms with Crippen LogP contribution < -0.4 is 10.2 Å². The van der Waals surface area contributed by atoms with Gasteiger partial charge in [0.2, 0.25) is 0 Å². The lowest BCUT2D eigenvalue weighted by Crippen LogP contribution is -2.42. The van der Waals surface area contributed by atoms with Crippen molar-refractivity contribution in [1.82, 2.24) is 29.9 Å². The molecule has 0 aliphatic rings. The summed E-state index contributed by atoms with van der Waals surface area (Å²) in [6, 6.07) is 7.87. The second-order valence-electron chi connectivity index (χ2n) is 10.5. The highest BCUT2D eigenvalue weighted by atomic mass is 28.4. The first-order chi connectivity index (χ1) is 17.1. The zero-order valence-corrected chi connectivity index (χ0v) is 23.3. The van der Waals surface area contributed by atoms with Crippen molar-refractivity contribution in [3.05, 3.63) is 49.1 Å². The predicted octanol–water partition coefficient (Wildman–Crippen LogP) is 5.41. The largest absolute Gasteiger partial charge is 0.415 e. The number of likely N-dealkylation sites (N-methyl/N-ethyl adjacent to an activating group) is 1. The highest BCUT2D eigenvalue weighted by Gasteiger charge is 2.37. The van der Waals surface area contributed by atoms with Crippen molar-refractivity contribution in [2.24, 2.45) is 7.05 Å². The van der Waals surface area contributed by atoms with Crippen molar-refractivity contribution in [3.63, 3.8) is 0 Å². The number of hydrogen-bond donors (Lipinski definition) is 1. The van der Waals surface area contributed by atoms with Crippen LogP contribution in [0.25, 0.3) is 22.2 Å². The SMILES string of the molecule is CCN(CCO[Si](C)(C)C(C)(C)C)c1cnnc(Nc2ccc3ncc(-c4cnn(C)c4)cc3n2)c1. The van der Waals surface area contributed by atoms with E-state index in [4.69, 9.17) is 9.41 Å². The quantitative estimate of drug-likeness (QED) is 0.302. The predicted molar refractivity (Wildman–Crippen MR) is 148 cm³/mol. The number of aromatic nitrogens is 6. The molecule has 9 nitrogen and oxygen atoms in total. The average molecular weight is 505 g/mol. The maximum absolute atomic E-state index is 6.38. The molecule has 4 aromatic rings. The Bertz CT molecular complexity index is 1330. The molecule has 0 aliphatic carbocycles. The van der Waals surface area contributed by atoms with E-state index in [1.54, 1.807) is 10.9 Å². The molecule has 0 fully saturated rings. The zero-order valence-electron chi connectivity index (χ0n) is 22.3. The molecule has 10 heteroatoms. The monoisotopic (exact) mass is 504 g/mol. The molecule has 0 atom stereocenters. The average Bonchev–Trinajstić information content (AvgIpc) is 3.27. The minimum absolute atomic E-state index is 0.195. The van der Waals surface area contributed by atoms with E-state index in [0.717, 1.165) is 40.9 Å². The van der Waals surface area contributed by atoms with Gasteiger partial charge in [-0.05, 0) is 43.3 Å². The van der Waals surface area contributed by atoms with E-state index in [1.165, 1.54) is 0 Å². The van der Waals surface area contributed by atoms with Crippen molar-refractivity contribution in [2.75, 3.05) is 29.9 Å². The van der Waals surface area contributed by atoms with Gasteiger partial charge < -0.3 is 14.6 Å². The lowest BCUT2D eigenvalue weighted by atomic mass is 10.1. The van der Waals surface area contributed by atoms with Crippen molar-refractivity contribution in [2.45, 2.75) is 45.8 Å². The van der Waals surface area contributed by atoms with Gasteiger partial charge in [-0.25, -0.2) is 4.98 Å². The van der Waals surface area contributed by atoms with Gasteiger partial charge in [-0.15, -0.1) is 5.10 Å². The van der Waals surface area contributed by atoms with Crippen LogP contribution in [0, 0.1) is 0 Å². The van der Waals surface area contributed by atoms with E-state index in [2.05, 4.69) is 71.3 Å². The second-order valence-corrected chi connectivity index (χ2v) is 15.3. The second kappa shape index (κ2) is 10.3. The van der Waals surface area contributed by atoms with Gasteiger partial charge in [-0.2, -0.15) is 10.2 Å². The molecule has 0 saturated heterocycles. The highest BCUT2D eigenvalue weighted by molar-refractivity contribution is 6.74. The first-order valence-corrected chi connectivity index (χ1v) is 15.2. The number of hydrogen-bond acceptors (Lipinski definition) is 8. The van der Waals surface area contributed by atoms with Crippen LogP contribution in [0.5, 0.6) is 0 Å². The van der Waals surface area contributed by atoms with Crippen LogP contribution in [-0.2, 0) is 11.5 Å². The molecule has 1 N–H and O–H groups in total. The van der Waals surface area contributed by atoms with Gasteiger partial charge in [-0.1, -0.05) is 20.8 Å². The molecular formula is C26H36N8OSi. The normalized spacial score (nSPS) is 12.2. The number of fused-ring (bicyclic) bond motifs is 1. The topological polar surface area (TPSA) is 93.9 Å². The fourth-order valence-electron chi connectivity index (χ4n) is 3.62. The third-order valence-corrected chi connectivity index (χ3v) is 11.4. The minimum atomic E-state index is -1.78. The van der Waals surface area contributed by atoms with Crippen LogP contribution in [0.15, 0.2) is 49.1 Å². The van der Waals surface area contributed by atoms with E-state index < -0.39 is 8.32 Å². The Morgan fingerprint density at radius 2 is 1.83 bits per heavy atom. The van der Waals surface area contributed by atoms with Gasteiger partial charge in [0.15, 0.2) is 14.1 Å². The van der Waals surface area contributed by atoms with Crippen LogP contribution in [0.4, 0.5) is 17.3 Å². The molecule has 0 unspecified atom stereocenters. The molecule has 0 aromatic carbocycles. The maximum atomic E-state index is 6.38. The van der Waals surface area contributed by atoms with E-state index >= 15 is 0 Å². The Labute approximate surface area is 214 Å². The Kier molecular flexibility index (Phi) is 7.37. The summed E-state index contributed by atoms with van der Waals surface area (Å²) in [4.78, 5) is 11.6. The summed E-state index contributed by atoms with van der Waals surface area (Å²) in [5, 5.41) is 16.2. The van der Waals surface area contributed by atoms with Crippen molar-refractivity contribution in [3.8, 4) is 11.1 Å². The van der Waals surface area contributed by atoms with Crippen LogP contribution in [0.2, 0.25) is 18.1 Å². The van der Waals surface area contributed by atoms with E-state index in [1.807, 2.05) is 49.9 Å². The molecule has 0 saturated carbocycles. The summed E-state index contributed by atoms with van der Waals surface area (Å²) >= 11 is 0. The number of anilines is 3. The number of nitrogens with zero attached hydrogens (tertiary/aromatic N) is 7. The lowest BCUT2D eigenvalue weighted by molar-refractivity contribution is 0.294. The first kappa shape index (κ1) is 25.7. The third-order valence-electron chi connectivity index (χ3n) is 6.85. The van der Waals surface area contributed by atoms with Gasteiger partial charge in [0.05, 0.1) is 35.7 Å². The smallest absolute Gasteiger partial charge is 0.192 e. The van der Waals surface area contributed by atoms with E-state index in [-0.39, 0.29) is 5.04 Å². The third kappa shape index (κ3) is 5.88. The molecule has 0 bridgehead atoms. The van der Waals surface area contributed by atoms with E-state index in [0.29, 0.717) is 18.2 Å². The van der Waals surface area contributed by atoms with Gasteiger partial charge in [0, 0.05) is 49.7 Å². The Morgan fingerprint density at radius 3 is 2.53 bits per heavy atom. The Morgan fingerprint density at radius 1 is 1.03 bits per heavy atom. The van der Waals surface area contributed by atoms with Gasteiger partial charge in [0.1, 0.15) is 5.82 Å². The Hall–Kier alpha value is -3.37. The van der Waals surface area contributed by atoms with Crippen molar-refractivity contribution in [1.29, 1.82) is 0 Å². The molecule has 36 heavy (non-hydrogen) atoms. The molecule has 0 aliphatic heterocycles. The lowest BCUT2D eigenvalue weighted by Gasteiger charge is -2.37. The summed E-state index contributed by atoms with van der Waals surface area (Å²) < 4.78 is 8.16. The number of pyridine rings is 2. The molecule has 4 heterocycles. The van der Waals surface area contributed by atoms with Gasteiger partial charge >= 0.3 is 0 Å². The summed E-state index contributed by atoms with van der Waals surface area (Å²) in [6.07, 6.45) is 7.42. The summed E-state index contributed by atoms with van der Waals surface area (Å²) in [5.41, 5.74) is 4.59. The number of nitrogens with one attached hydrogen (secondary N) is 1. The van der Waals surface area contributed by atoms with Crippen molar-refractivity contribution < 1.29 is 4.43 Å². The fraction of sp³-hybridized carbons (Fsp3) is 0.423. The van der Waals surface area contributed by atoms with Crippen LogP contribution in [0.3, 0.4) is 0 Å². The molecule has 190 valence electrons. The minimum Gasteiger partial charge on any atom is -0.415 e. The molecular weight excluding hydrogens is 468 g/mol. The zero-order chi connectivity index (χ0) is 25.9. The molecule has 0 radical (unpaired) electrons. The van der Waals surface area contributed by atoms with Gasteiger partial charge in [-0.3, -0.25) is 9.67 Å². The number of aryl methyl sites for hydroxylation is 1. The van der Waals surface area contributed by atoms with Crippen LogP contribution >= 0.6 is 0 Å². The van der Waals surface area contributed by atoms with E-state index in [9.17, 15) is 0 Å². The van der Waals surface area contributed by atoms with Crippen molar-refractivity contribution >= 4 is 36.7 Å². The standard InChI is InChI=1S/C26H36N8OSi/c1-8-34(11-12-35-36(6,7)26(2,3)4)21-14-25(32-28-17-21)31-24-10-9-22-23(30-24)13-19(15-27-22)20-16-29-33(5)18-20/h9-10,13-18H,8,11-12H2,1-7H3,(H,30,31,32). The molecule has 0 amide bonds. The van der Waals surface area contributed by atoms with Crippen LogP contribution in [0.1, 0.15) is 27.7 Å². The summed E-state index contributed by atoms with van der Waals surface area (Å²) in [7, 11) is 0.118. The van der Waals surface area contributed by atoms with Crippen LogP contribution in [-0.4, -0.2) is 58.0 Å². The highest BCUT2D eigenvalue weighted by Crippen LogP contribution is 2.36. The fourth-order valence-corrected chi connectivity index (χ4v) is 4.66. The first-order valence-electron chi connectivity index (χ1n) is 12.3. The number of rotatable bonds is 9. The van der Waals surface area contributed by atoms with Gasteiger partial charge in [0.25, 0.3) is 0 Å².